The summed E-state index contributed by atoms with van der Waals surface area (Å²) in [6.45, 7) is 5.26. The molecule has 3 nitrogen and oxygen atoms in total. The number of rotatable bonds is 0. The summed E-state index contributed by atoms with van der Waals surface area (Å²) in [6, 6.07) is 0. The fourth-order valence-corrected chi connectivity index (χ4v) is 0.397. The molecule has 0 aliphatic rings. The van der Waals surface area contributed by atoms with Crippen LogP contribution in [-0.4, -0.2) is 16.9 Å². The lowest BCUT2D eigenvalue weighted by Crippen LogP contribution is -2.21. The molecule has 0 aromatic carbocycles. The van der Waals surface area contributed by atoms with E-state index in [9.17, 15) is 4.79 Å². The van der Waals surface area contributed by atoms with Crippen molar-refractivity contribution in [2.45, 2.75) is 26.4 Å². The topological polar surface area (TPSA) is 38.7 Å². The van der Waals surface area contributed by atoms with Crippen LogP contribution in [0, 0.1) is 0 Å². The van der Waals surface area contributed by atoms with E-state index in [1.165, 1.54) is 0 Å². The Morgan fingerprint density at radius 1 is 1.60 bits per heavy atom. The molecule has 0 aliphatic carbocycles. The molecule has 0 rings (SSSR count). The van der Waals surface area contributed by atoms with Gasteiger partial charge in [-0.3, -0.25) is 0 Å². The van der Waals surface area contributed by atoms with Gasteiger partial charge in [-0.15, -0.1) is 4.99 Å². The first kappa shape index (κ1) is 9.27. The van der Waals surface area contributed by atoms with E-state index >= 15 is 0 Å². The highest BCUT2D eigenvalue weighted by Crippen LogP contribution is 2.07. The number of ether oxygens (including phenoxy) is 1. The standard InChI is InChI=1S/C6H9NO2S/c1-6(2,3)9-5(8)7-4-10/h1-3H3. The molecule has 10 heavy (non-hydrogen) atoms. The number of nitrogens with zero attached hydrogens (tertiary/aromatic N) is 1. The van der Waals surface area contributed by atoms with Crippen LogP contribution in [0.2, 0.25) is 0 Å². The fourth-order valence-electron chi connectivity index (χ4n) is 0.322. The van der Waals surface area contributed by atoms with Gasteiger partial charge in [0.25, 0.3) is 0 Å². The number of isothiocyanates is 1. The molecule has 0 saturated carbocycles. The molecule has 56 valence electrons. The summed E-state index contributed by atoms with van der Waals surface area (Å²) in [5.74, 6) is 0. The molecule has 0 aromatic rings. The van der Waals surface area contributed by atoms with Crippen LogP contribution in [0.15, 0.2) is 4.99 Å². The van der Waals surface area contributed by atoms with E-state index in [0.717, 1.165) is 0 Å². The summed E-state index contributed by atoms with van der Waals surface area (Å²) in [4.78, 5) is 13.7. The van der Waals surface area contributed by atoms with Gasteiger partial charge in [-0.05, 0) is 33.0 Å². The Morgan fingerprint density at radius 3 is 2.40 bits per heavy atom. The van der Waals surface area contributed by atoms with E-state index in [1.54, 1.807) is 20.8 Å². The Bertz CT molecular complexity index is 177. The van der Waals surface area contributed by atoms with E-state index in [2.05, 4.69) is 17.2 Å². The maximum atomic E-state index is 10.5. The summed E-state index contributed by atoms with van der Waals surface area (Å²) in [5.41, 5.74) is -0.507. The highest BCUT2D eigenvalue weighted by Gasteiger charge is 2.14. The summed E-state index contributed by atoms with van der Waals surface area (Å²) in [6.07, 6.45) is -0.692. The van der Waals surface area contributed by atoms with Crippen LogP contribution in [0.25, 0.3) is 0 Å². The number of carbonyl (C=O) groups excluding carboxylic acids is 1. The molecule has 0 aliphatic heterocycles. The van der Waals surface area contributed by atoms with Crippen LogP contribution >= 0.6 is 12.2 Å². The second-order valence-corrected chi connectivity index (χ2v) is 2.87. The highest BCUT2D eigenvalue weighted by molar-refractivity contribution is 7.78. The molecule has 0 atom stereocenters. The molecule has 0 radical (unpaired) electrons. The van der Waals surface area contributed by atoms with Crippen molar-refractivity contribution in [2.24, 2.45) is 4.99 Å². The summed E-state index contributed by atoms with van der Waals surface area (Å²) < 4.78 is 4.74. The lowest BCUT2D eigenvalue weighted by molar-refractivity contribution is 0.0606. The molecule has 1 amide bonds. The Labute approximate surface area is 65.1 Å². The predicted molar refractivity (Wildman–Crippen MR) is 41.3 cm³/mol. The summed E-state index contributed by atoms with van der Waals surface area (Å²) in [7, 11) is 0. The molecule has 0 unspecified atom stereocenters. The third-order valence-corrected chi connectivity index (χ3v) is 0.622. The second kappa shape index (κ2) is 3.44. The van der Waals surface area contributed by atoms with Gasteiger partial charge in [-0.25, -0.2) is 4.79 Å². The highest BCUT2D eigenvalue weighted by atomic mass is 32.1. The van der Waals surface area contributed by atoms with E-state index < -0.39 is 11.7 Å². The Morgan fingerprint density at radius 2 is 2.10 bits per heavy atom. The molecule has 0 bridgehead atoms. The minimum Gasteiger partial charge on any atom is -0.442 e. The van der Waals surface area contributed by atoms with Crippen LogP contribution in [0.4, 0.5) is 4.79 Å². The quantitative estimate of drug-likeness (QED) is 0.401. The van der Waals surface area contributed by atoms with E-state index in [4.69, 9.17) is 4.74 Å². The number of carbonyl (C=O) groups is 1. The molecule has 4 heteroatoms. The minimum atomic E-state index is -0.692. The average molecular weight is 159 g/mol. The van der Waals surface area contributed by atoms with Gasteiger partial charge in [-0.1, -0.05) is 0 Å². The summed E-state index contributed by atoms with van der Waals surface area (Å²) >= 11 is 4.20. The van der Waals surface area contributed by atoms with Crippen LogP contribution in [0.5, 0.6) is 0 Å². The fraction of sp³-hybridized carbons (Fsp3) is 0.667. The largest absolute Gasteiger partial charge is 0.443 e. The Balaban J connectivity index is 3.92. The van der Waals surface area contributed by atoms with E-state index in [-0.39, 0.29) is 0 Å². The van der Waals surface area contributed by atoms with Crippen molar-refractivity contribution in [1.29, 1.82) is 0 Å². The number of hydrogen-bond acceptors (Lipinski definition) is 3. The van der Waals surface area contributed by atoms with Crippen molar-refractivity contribution in [3.8, 4) is 0 Å². The number of amides is 1. The summed E-state index contributed by atoms with van der Waals surface area (Å²) in [5, 5.41) is 1.92. The Hall–Kier alpha value is -0.730. The van der Waals surface area contributed by atoms with Gasteiger partial charge in [-0.2, -0.15) is 0 Å². The number of thiocarbonyl (C=S) groups is 1. The Kier molecular flexibility index (Phi) is 3.19. The zero-order chi connectivity index (χ0) is 8.20. The average Bonchev–Trinajstić information content (AvgIpc) is 1.59. The maximum Gasteiger partial charge on any atom is 0.443 e. The van der Waals surface area contributed by atoms with Crippen molar-refractivity contribution in [3.05, 3.63) is 0 Å². The van der Waals surface area contributed by atoms with Crippen LogP contribution in [-0.2, 0) is 4.74 Å². The first-order valence-electron chi connectivity index (χ1n) is 2.76. The van der Waals surface area contributed by atoms with Gasteiger partial charge in [0, 0.05) is 0 Å². The van der Waals surface area contributed by atoms with Crippen molar-refractivity contribution in [2.75, 3.05) is 0 Å². The SMILES string of the molecule is CC(C)(C)OC(=O)N=C=S. The van der Waals surface area contributed by atoms with Gasteiger partial charge in [0.2, 0.25) is 0 Å². The lowest BCUT2D eigenvalue weighted by Gasteiger charge is -2.16. The van der Waals surface area contributed by atoms with Gasteiger partial charge < -0.3 is 4.74 Å². The predicted octanol–water partition coefficient (Wildman–Crippen LogP) is 2.02. The number of hydrogen-bond donors (Lipinski definition) is 0. The van der Waals surface area contributed by atoms with Crippen LogP contribution in [0.3, 0.4) is 0 Å². The molecule has 0 N–H and O–H groups in total. The third-order valence-electron chi connectivity index (χ3n) is 0.530. The monoisotopic (exact) mass is 159 g/mol. The molecular weight excluding hydrogens is 150 g/mol. The van der Waals surface area contributed by atoms with Gasteiger partial charge >= 0.3 is 6.09 Å². The maximum absolute atomic E-state index is 10.5. The molecule has 0 saturated heterocycles. The van der Waals surface area contributed by atoms with Gasteiger partial charge in [0.1, 0.15) is 5.60 Å². The van der Waals surface area contributed by atoms with Crippen LogP contribution < -0.4 is 0 Å². The van der Waals surface area contributed by atoms with Crippen molar-refractivity contribution < 1.29 is 9.53 Å². The van der Waals surface area contributed by atoms with Crippen molar-refractivity contribution >= 4 is 23.5 Å². The zero-order valence-electron chi connectivity index (χ0n) is 6.17. The lowest BCUT2D eigenvalue weighted by atomic mass is 10.2. The zero-order valence-corrected chi connectivity index (χ0v) is 6.99. The van der Waals surface area contributed by atoms with Gasteiger partial charge in [0.05, 0.1) is 5.16 Å². The first-order valence-corrected chi connectivity index (χ1v) is 3.17. The van der Waals surface area contributed by atoms with Crippen LogP contribution in [0.1, 0.15) is 20.8 Å². The molecule has 0 spiro atoms. The molecule has 0 aromatic heterocycles. The minimum absolute atomic E-state index is 0.507. The van der Waals surface area contributed by atoms with E-state index in [0.29, 0.717) is 0 Å². The smallest absolute Gasteiger partial charge is 0.442 e. The third kappa shape index (κ3) is 5.41. The van der Waals surface area contributed by atoms with Crippen molar-refractivity contribution in [1.82, 2.24) is 0 Å². The molecule has 0 heterocycles. The van der Waals surface area contributed by atoms with Crippen molar-refractivity contribution in [3.63, 3.8) is 0 Å². The second-order valence-electron chi connectivity index (χ2n) is 2.68. The number of aliphatic imine (C=N–C) groups is 1. The first-order chi connectivity index (χ1) is 4.45. The molecule has 0 fully saturated rings. The normalized spacial score (nSPS) is 9.90. The molecular formula is C6H9NO2S. The van der Waals surface area contributed by atoms with Gasteiger partial charge in [0.15, 0.2) is 0 Å². The van der Waals surface area contributed by atoms with E-state index in [1.807, 2.05) is 5.16 Å².